The van der Waals surface area contributed by atoms with E-state index in [9.17, 15) is 9.59 Å². The van der Waals surface area contributed by atoms with Gasteiger partial charge in [0, 0.05) is 6.42 Å². The fourth-order valence-corrected chi connectivity index (χ4v) is 2.18. The van der Waals surface area contributed by atoms with Crippen molar-refractivity contribution in [2.24, 2.45) is 0 Å². The third-order valence-electron chi connectivity index (χ3n) is 1.62. The van der Waals surface area contributed by atoms with E-state index in [1.54, 1.807) is 13.0 Å². The summed E-state index contributed by atoms with van der Waals surface area (Å²) in [6.07, 6.45) is 0.404. The summed E-state index contributed by atoms with van der Waals surface area (Å²) in [5.41, 5.74) is 0. The van der Waals surface area contributed by atoms with Crippen molar-refractivity contribution < 1.29 is 9.59 Å². The maximum absolute atomic E-state index is 11.5. The number of thiophene rings is 1. The highest BCUT2D eigenvalue weighted by Crippen LogP contribution is 2.22. The van der Waals surface area contributed by atoms with Crippen LogP contribution in [-0.2, 0) is 4.79 Å². The molecule has 0 radical (unpaired) electrons. The van der Waals surface area contributed by atoms with E-state index >= 15 is 0 Å². The van der Waals surface area contributed by atoms with Crippen molar-refractivity contribution >= 4 is 39.0 Å². The molecule has 0 saturated heterocycles. The van der Waals surface area contributed by atoms with Crippen LogP contribution in [0.15, 0.2) is 15.9 Å². The molecule has 0 bridgehead atoms. The Hall–Kier alpha value is -0.680. The summed E-state index contributed by atoms with van der Waals surface area (Å²) < 4.78 is 0.919. The Morgan fingerprint density at radius 3 is 2.71 bits per heavy atom. The molecule has 0 unspecified atom stereocenters. The molecule has 0 atom stereocenters. The van der Waals surface area contributed by atoms with E-state index in [-0.39, 0.29) is 18.2 Å². The molecule has 1 aromatic heterocycles. The van der Waals surface area contributed by atoms with Crippen LogP contribution < -0.4 is 5.32 Å². The topological polar surface area (TPSA) is 46.2 Å². The maximum atomic E-state index is 11.5. The minimum Gasteiger partial charge on any atom is -0.349 e. The third-order valence-corrected chi connectivity index (χ3v) is 3.28. The minimum absolute atomic E-state index is 0.0532. The summed E-state index contributed by atoms with van der Waals surface area (Å²) in [5, 5.41) is 2.54. The van der Waals surface area contributed by atoms with Gasteiger partial charge in [0.15, 0.2) is 5.78 Å². The normalized spacial score (nSPS) is 9.86. The molecule has 1 amide bonds. The molecule has 0 aliphatic rings. The molecule has 0 aliphatic heterocycles. The molecule has 1 rings (SSSR count). The van der Waals surface area contributed by atoms with Gasteiger partial charge in [-0.3, -0.25) is 9.59 Å². The number of nitrogens with one attached hydrogen (secondary N) is 1. The molecular formula is C9H10BrNO2S. The first-order valence-corrected chi connectivity index (χ1v) is 5.79. The summed E-state index contributed by atoms with van der Waals surface area (Å²) in [5.74, 6) is -0.156. The lowest BCUT2D eigenvalue weighted by atomic mass is 10.3. The lowest BCUT2D eigenvalue weighted by molar-refractivity contribution is -0.120. The zero-order valence-corrected chi connectivity index (χ0v) is 10.1. The Morgan fingerprint density at radius 2 is 2.21 bits per heavy atom. The highest BCUT2D eigenvalue weighted by molar-refractivity contribution is 9.11. The van der Waals surface area contributed by atoms with Gasteiger partial charge in [-0.25, -0.2) is 0 Å². The van der Waals surface area contributed by atoms with E-state index in [1.807, 2.05) is 6.07 Å². The van der Waals surface area contributed by atoms with Crippen molar-refractivity contribution in [2.45, 2.75) is 13.3 Å². The van der Waals surface area contributed by atoms with Gasteiger partial charge in [-0.2, -0.15) is 0 Å². The van der Waals surface area contributed by atoms with Crippen LogP contribution in [0.5, 0.6) is 0 Å². The second-order valence-electron chi connectivity index (χ2n) is 2.66. The molecule has 0 fully saturated rings. The molecule has 0 aromatic carbocycles. The fraction of sp³-hybridized carbons (Fsp3) is 0.333. The van der Waals surface area contributed by atoms with Crippen LogP contribution in [-0.4, -0.2) is 18.2 Å². The number of carbonyl (C=O) groups excluding carboxylic acids is 2. The van der Waals surface area contributed by atoms with Crippen LogP contribution in [0.2, 0.25) is 0 Å². The number of ketones is 1. The molecule has 14 heavy (non-hydrogen) atoms. The predicted octanol–water partition coefficient (Wildman–Crippen LogP) is 2.22. The van der Waals surface area contributed by atoms with Crippen LogP contribution in [0, 0.1) is 0 Å². The number of hydrogen-bond acceptors (Lipinski definition) is 3. The van der Waals surface area contributed by atoms with E-state index in [0.29, 0.717) is 11.3 Å². The lowest BCUT2D eigenvalue weighted by Crippen LogP contribution is -2.28. The maximum Gasteiger partial charge on any atom is 0.220 e. The predicted molar refractivity (Wildman–Crippen MR) is 59.7 cm³/mol. The first kappa shape index (κ1) is 11.4. The number of Topliss-reactive ketones (excluding diaryl/α,β-unsaturated/α-hetero) is 1. The largest absolute Gasteiger partial charge is 0.349 e. The molecule has 5 heteroatoms. The molecule has 3 nitrogen and oxygen atoms in total. The molecule has 76 valence electrons. The van der Waals surface area contributed by atoms with Gasteiger partial charge in [0.2, 0.25) is 5.91 Å². The van der Waals surface area contributed by atoms with Crippen molar-refractivity contribution in [1.82, 2.24) is 5.32 Å². The van der Waals surface area contributed by atoms with E-state index in [0.717, 1.165) is 3.79 Å². The summed E-state index contributed by atoms with van der Waals surface area (Å²) in [4.78, 5) is 23.0. The highest BCUT2D eigenvalue weighted by atomic mass is 79.9. The molecular weight excluding hydrogens is 266 g/mol. The van der Waals surface area contributed by atoms with Gasteiger partial charge in [-0.1, -0.05) is 6.92 Å². The van der Waals surface area contributed by atoms with Crippen LogP contribution in [0.4, 0.5) is 0 Å². The van der Waals surface area contributed by atoms with Gasteiger partial charge in [0.1, 0.15) is 0 Å². The van der Waals surface area contributed by atoms with E-state index in [4.69, 9.17) is 0 Å². The Labute approximate surface area is 94.6 Å². The SMILES string of the molecule is CCC(=O)NCC(=O)c1ccc(Br)s1. The summed E-state index contributed by atoms with van der Waals surface area (Å²) in [6, 6.07) is 3.56. The number of carbonyl (C=O) groups is 2. The summed E-state index contributed by atoms with van der Waals surface area (Å²) in [6.45, 7) is 1.83. The first-order chi connectivity index (χ1) is 6.63. The molecule has 1 N–H and O–H groups in total. The smallest absolute Gasteiger partial charge is 0.220 e. The minimum atomic E-state index is -0.103. The molecule has 0 aliphatic carbocycles. The average molecular weight is 276 g/mol. The van der Waals surface area contributed by atoms with Gasteiger partial charge in [-0.05, 0) is 28.1 Å². The van der Waals surface area contributed by atoms with E-state index < -0.39 is 0 Å². The van der Waals surface area contributed by atoms with Gasteiger partial charge in [-0.15, -0.1) is 11.3 Å². The summed E-state index contributed by atoms with van der Waals surface area (Å²) in [7, 11) is 0. The molecule has 0 saturated carbocycles. The second-order valence-corrected chi connectivity index (χ2v) is 5.12. The van der Waals surface area contributed by atoms with Gasteiger partial charge >= 0.3 is 0 Å². The Balaban J connectivity index is 2.47. The van der Waals surface area contributed by atoms with E-state index in [2.05, 4.69) is 21.2 Å². The van der Waals surface area contributed by atoms with Crippen LogP contribution >= 0.6 is 27.3 Å². The molecule has 1 aromatic rings. The lowest BCUT2D eigenvalue weighted by Gasteiger charge is -2.00. The molecule has 0 spiro atoms. The Bertz CT molecular complexity index is 348. The van der Waals surface area contributed by atoms with Crippen molar-refractivity contribution in [3.63, 3.8) is 0 Å². The Morgan fingerprint density at radius 1 is 1.50 bits per heavy atom. The zero-order valence-electron chi connectivity index (χ0n) is 7.67. The van der Waals surface area contributed by atoms with Crippen LogP contribution in [0.25, 0.3) is 0 Å². The second kappa shape index (κ2) is 5.26. The molecule has 1 heterocycles. The van der Waals surface area contributed by atoms with Crippen LogP contribution in [0.1, 0.15) is 23.0 Å². The van der Waals surface area contributed by atoms with E-state index in [1.165, 1.54) is 11.3 Å². The Kier molecular flexibility index (Phi) is 4.28. The van der Waals surface area contributed by atoms with Crippen LogP contribution in [0.3, 0.4) is 0 Å². The number of halogens is 1. The zero-order chi connectivity index (χ0) is 10.6. The van der Waals surface area contributed by atoms with Gasteiger partial charge in [0.05, 0.1) is 15.2 Å². The summed E-state index contributed by atoms with van der Waals surface area (Å²) >= 11 is 4.64. The van der Waals surface area contributed by atoms with Crippen molar-refractivity contribution in [3.05, 3.63) is 20.8 Å². The monoisotopic (exact) mass is 275 g/mol. The number of hydrogen-bond donors (Lipinski definition) is 1. The van der Waals surface area contributed by atoms with Gasteiger partial charge < -0.3 is 5.32 Å². The van der Waals surface area contributed by atoms with Crippen molar-refractivity contribution in [3.8, 4) is 0 Å². The number of amides is 1. The average Bonchev–Trinajstić information content (AvgIpc) is 2.60. The fourth-order valence-electron chi connectivity index (χ4n) is 0.855. The highest BCUT2D eigenvalue weighted by Gasteiger charge is 2.09. The quantitative estimate of drug-likeness (QED) is 0.857. The number of rotatable bonds is 4. The van der Waals surface area contributed by atoms with Crippen molar-refractivity contribution in [2.75, 3.05) is 6.54 Å². The first-order valence-electron chi connectivity index (χ1n) is 4.18. The van der Waals surface area contributed by atoms with Gasteiger partial charge in [0.25, 0.3) is 0 Å². The third kappa shape index (κ3) is 3.23. The van der Waals surface area contributed by atoms with Crippen molar-refractivity contribution in [1.29, 1.82) is 0 Å². The standard InChI is InChI=1S/C9H10BrNO2S/c1-2-9(13)11-5-6(12)7-3-4-8(10)14-7/h3-4H,2,5H2,1H3,(H,11,13).